The highest BCUT2D eigenvalue weighted by Gasteiger charge is 2.04. The lowest BCUT2D eigenvalue weighted by molar-refractivity contribution is 0.577. The van der Waals surface area contributed by atoms with Gasteiger partial charge in [0.25, 0.3) is 0 Å². The van der Waals surface area contributed by atoms with Gasteiger partial charge in [-0.3, -0.25) is 0 Å². The Balaban J connectivity index is 0. The summed E-state index contributed by atoms with van der Waals surface area (Å²) in [5, 5.41) is 4.04. The van der Waals surface area contributed by atoms with Crippen molar-refractivity contribution in [1.29, 1.82) is 0 Å². The second kappa shape index (κ2) is 12.5. The zero-order chi connectivity index (χ0) is 13.0. The second-order valence-electron chi connectivity index (χ2n) is 2.80. The fraction of sp³-hybridized carbons (Fsp3) is 0.571. The van der Waals surface area contributed by atoms with E-state index in [2.05, 4.69) is 24.4 Å². The molecular weight excluding hydrogens is 218 g/mol. The molecule has 0 aliphatic heterocycles. The lowest BCUT2D eigenvalue weighted by atomic mass is 10.1. The molecule has 1 aromatic rings. The number of rotatable bonds is 3. The van der Waals surface area contributed by atoms with Crippen molar-refractivity contribution in [2.24, 2.45) is 0 Å². The zero-order valence-corrected chi connectivity index (χ0v) is 12.2. The maximum absolute atomic E-state index is 5.78. The predicted molar refractivity (Wildman–Crippen MR) is 76.2 cm³/mol. The Kier molecular flexibility index (Phi) is 14.0. The van der Waals surface area contributed by atoms with Crippen LogP contribution in [-0.4, -0.2) is 7.05 Å². The Morgan fingerprint density at radius 3 is 1.81 bits per heavy atom. The summed E-state index contributed by atoms with van der Waals surface area (Å²) < 4.78 is 0. The summed E-state index contributed by atoms with van der Waals surface area (Å²) >= 11 is 5.78. The van der Waals surface area contributed by atoms with E-state index in [1.807, 2.05) is 46.9 Å². The molecule has 1 unspecified atom stereocenters. The molecule has 1 nitrogen and oxygen atoms in total. The Hall–Kier alpha value is -0.530. The molecule has 0 spiro atoms. The lowest BCUT2D eigenvalue weighted by Gasteiger charge is -2.13. The average Bonchev–Trinajstić information content (AvgIpc) is 2.38. The van der Waals surface area contributed by atoms with E-state index in [-0.39, 0.29) is 0 Å². The van der Waals surface area contributed by atoms with Gasteiger partial charge in [0.2, 0.25) is 0 Å². The van der Waals surface area contributed by atoms with Gasteiger partial charge in [0.05, 0.1) is 0 Å². The van der Waals surface area contributed by atoms with Crippen LogP contribution in [0.4, 0.5) is 0 Å². The summed E-state index contributed by atoms with van der Waals surface area (Å²) in [7, 11) is 1.97. The van der Waals surface area contributed by atoms with E-state index in [4.69, 9.17) is 11.6 Å². The van der Waals surface area contributed by atoms with Gasteiger partial charge in [0.1, 0.15) is 0 Å². The van der Waals surface area contributed by atoms with Crippen LogP contribution in [-0.2, 0) is 0 Å². The molecule has 0 aliphatic rings. The molecule has 94 valence electrons. The smallest absolute Gasteiger partial charge is 0.0406 e. The van der Waals surface area contributed by atoms with Crippen molar-refractivity contribution in [3.63, 3.8) is 0 Å². The van der Waals surface area contributed by atoms with E-state index in [1.54, 1.807) is 0 Å². The van der Waals surface area contributed by atoms with Gasteiger partial charge < -0.3 is 5.32 Å². The van der Waals surface area contributed by atoms with Crippen molar-refractivity contribution in [1.82, 2.24) is 5.32 Å². The predicted octanol–water partition coefficient (Wildman–Crippen LogP) is 5.06. The molecule has 0 aliphatic carbocycles. The first-order chi connectivity index (χ1) is 7.77. The highest BCUT2D eigenvalue weighted by molar-refractivity contribution is 6.30. The standard InChI is InChI=1S/C10H14ClN.2C2H6/c1-3-10(12-2)8-4-6-9(11)7-5-8;2*1-2/h4-7,10,12H,3H2,1-2H3;2*1-2H3. The fourth-order valence-corrected chi connectivity index (χ4v) is 1.43. The third-order valence-corrected chi connectivity index (χ3v) is 2.28. The van der Waals surface area contributed by atoms with Gasteiger partial charge in [0, 0.05) is 11.1 Å². The van der Waals surface area contributed by atoms with Gasteiger partial charge in [-0.25, -0.2) is 0 Å². The van der Waals surface area contributed by atoms with Crippen molar-refractivity contribution < 1.29 is 0 Å². The van der Waals surface area contributed by atoms with E-state index in [1.165, 1.54) is 5.56 Å². The highest BCUT2D eigenvalue weighted by Crippen LogP contribution is 2.18. The molecule has 0 saturated carbocycles. The van der Waals surface area contributed by atoms with E-state index in [0.717, 1.165) is 11.4 Å². The van der Waals surface area contributed by atoms with Crippen LogP contribution in [0.2, 0.25) is 5.02 Å². The van der Waals surface area contributed by atoms with Gasteiger partial charge in [-0.2, -0.15) is 0 Å². The largest absolute Gasteiger partial charge is 0.313 e. The Labute approximate surface area is 106 Å². The van der Waals surface area contributed by atoms with E-state index in [9.17, 15) is 0 Å². The molecule has 0 saturated heterocycles. The van der Waals surface area contributed by atoms with Gasteiger partial charge in [-0.1, -0.05) is 58.4 Å². The molecule has 0 fully saturated rings. The third-order valence-electron chi connectivity index (χ3n) is 2.03. The SMILES string of the molecule is CC.CC.CCC(NC)c1ccc(Cl)cc1. The van der Waals surface area contributed by atoms with Gasteiger partial charge in [-0.15, -0.1) is 0 Å². The second-order valence-corrected chi connectivity index (χ2v) is 3.24. The first kappa shape index (κ1) is 17.9. The summed E-state index contributed by atoms with van der Waals surface area (Å²) in [6.07, 6.45) is 1.10. The number of halogens is 1. The minimum atomic E-state index is 0.447. The Morgan fingerprint density at radius 1 is 1.06 bits per heavy atom. The molecule has 1 N–H and O–H groups in total. The van der Waals surface area contributed by atoms with Crippen molar-refractivity contribution in [3.8, 4) is 0 Å². The lowest BCUT2D eigenvalue weighted by Crippen LogP contribution is -2.14. The first-order valence-corrected chi connectivity index (χ1v) is 6.58. The Morgan fingerprint density at radius 2 is 1.50 bits per heavy atom. The first-order valence-electron chi connectivity index (χ1n) is 6.20. The Bertz CT molecular complexity index is 227. The van der Waals surface area contributed by atoms with Gasteiger partial charge in [0.15, 0.2) is 0 Å². The van der Waals surface area contributed by atoms with Crippen LogP contribution in [0, 0.1) is 0 Å². The fourth-order valence-electron chi connectivity index (χ4n) is 1.30. The van der Waals surface area contributed by atoms with E-state index >= 15 is 0 Å². The normalized spacial score (nSPS) is 10.4. The van der Waals surface area contributed by atoms with Crippen molar-refractivity contribution in [3.05, 3.63) is 34.9 Å². The third kappa shape index (κ3) is 6.86. The molecule has 0 heterocycles. The highest BCUT2D eigenvalue weighted by atomic mass is 35.5. The monoisotopic (exact) mass is 243 g/mol. The molecule has 16 heavy (non-hydrogen) atoms. The maximum Gasteiger partial charge on any atom is 0.0406 e. The minimum absolute atomic E-state index is 0.447. The molecule has 0 amide bonds. The van der Waals surface area contributed by atoms with Crippen molar-refractivity contribution >= 4 is 11.6 Å². The topological polar surface area (TPSA) is 12.0 Å². The van der Waals surface area contributed by atoms with Gasteiger partial charge >= 0.3 is 0 Å². The van der Waals surface area contributed by atoms with Crippen molar-refractivity contribution in [2.75, 3.05) is 7.05 Å². The minimum Gasteiger partial charge on any atom is -0.313 e. The van der Waals surface area contributed by atoms with Crippen LogP contribution in [0.15, 0.2) is 24.3 Å². The molecule has 0 radical (unpaired) electrons. The summed E-state index contributed by atoms with van der Waals surface area (Å²) in [5.74, 6) is 0. The van der Waals surface area contributed by atoms with E-state index < -0.39 is 0 Å². The quantitative estimate of drug-likeness (QED) is 0.782. The van der Waals surface area contributed by atoms with Crippen LogP contribution in [0.5, 0.6) is 0 Å². The number of nitrogens with one attached hydrogen (secondary N) is 1. The van der Waals surface area contributed by atoms with Gasteiger partial charge in [-0.05, 0) is 31.2 Å². The summed E-state index contributed by atoms with van der Waals surface area (Å²) in [6, 6.07) is 8.43. The summed E-state index contributed by atoms with van der Waals surface area (Å²) in [5.41, 5.74) is 1.30. The molecule has 2 heteroatoms. The van der Waals surface area contributed by atoms with Crippen LogP contribution >= 0.6 is 11.6 Å². The maximum atomic E-state index is 5.78. The molecule has 1 rings (SSSR count). The van der Waals surface area contributed by atoms with Crippen LogP contribution in [0.3, 0.4) is 0 Å². The summed E-state index contributed by atoms with van der Waals surface area (Å²) in [6.45, 7) is 10.2. The number of hydrogen-bond acceptors (Lipinski definition) is 1. The number of hydrogen-bond donors (Lipinski definition) is 1. The van der Waals surface area contributed by atoms with Crippen LogP contribution < -0.4 is 5.32 Å². The number of benzene rings is 1. The summed E-state index contributed by atoms with van der Waals surface area (Å²) in [4.78, 5) is 0. The van der Waals surface area contributed by atoms with E-state index in [0.29, 0.717) is 6.04 Å². The molecular formula is C14H26ClN. The molecule has 0 aromatic heterocycles. The zero-order valence-electron chi connectivity index (χ0n) is 11.5. The molecule has 1 aromatic carbocycles. The average molecular weight is 244 g/mol. The van der Waals surface area contributed by atoms with Crippen LogP contribution in [0.25, 0.3) is 0 Å². The molecule has 1 atom stereocenters. The molecule has 0 bridgehead atoms. The van der Waals surface area contributed by atoms with Crippen LogP contribution in [0.1, 0.15) is 52.6 Å². The van der Waals surface area contributed by atoms with Crippen molar-refractivity contribution in [2.45, 2.75) is 47.1 Å².